The number of aliphatic hydroxyl groups excluding tert-OH is 1. The number of hydrogen-bond acceptors (Lipinski definition) is 13. The molecule has 15 nitrogen and oxygen atoms in total. The van der Waals surface area contributed by atoms with Gasteiger partial charge in [0.25, 0.3) is 11.8 Å². The van der Waals surface area contributed by atoms with E-state index in [4.69, 9.17) is 19.4 Å². The smallest absolute Gasteiger partial charge is 0.269 e. The van der Waals surface area contributed by atoms with Gasteiger partial charge >= 0.3 is 0 Å². The van der Waals surface area contributed by atoms with Crippen LogP contribution in [0.5, 0.6) is 11.5 Å². The zero-order valence-electron chi connectivity index (χ0n) is 32.4. The number of anilines is 4. The van der Waals surface area contributed by atoms with Crippen molar-refractivity contribution in [1.82, 2.24) is 30.2 Å². The van der Waals surface area contributed by atoms with Crippen molar-refractivity contribution < 1.29 is 24.2 Å². The van der Waals surface area contributed by atoms with Crippen LogP contribution in [0.15, 0.2) is 106 Å². The molecule has 0 saturated carbocycles. The minimum Gasteiger partial charge on any atom is -0.476 e. The number of aliphatic hydroxyl groups is 1. The quantitative estimate of drug-likeness (QED) is 0.119. The normalized spacial score (nSPS) is 18.7. The van der Waals surface area contributed by atoms with E-state index < -0.39 is 24.0 Å². The molecule has 60 heavy (non-hydrogen) atoms. The van der Waals surface area contributed by atoms with Gasteiger partial charge in [-0.3, -0.25) is 14.5 Å². The Morgan fingerprint density at radius 1 is 0.750 bits per heavy atom. The van der Waals surface area contributed by atoms with Crippen LogP contribution in [0.1, 0.15) is 6.42 Å². The summed E-state index contributed by atoms with van der Waals surface area (Å²) in [5.74, 6) is 0.813. The fraction of sp³-hybridized carbons (Fsp3) is 0.302. The molecule has 4 aromatic carbocycles. The summed E-state index contributed by atoms with van der Waals surface area (Å²) in [4.78, 5) is 54.5. The van der Waals surface area contributed by atoms with Gasteiger partial charge in [0.15, 0.2) is 0 Å². The molecule has 4 N–H and O–H groups in total. The average molecular weight is 939 g/mol. The van der Waals surface area contributed by atoms with Crippen molar-refractivity contribution in [3.05, 3.63) is 106 Å². The Bertz CT molecular complexity index is 2510. The summed E-state index contributed by atoms with van der Waals surface area (Å²) in [6.45, 7) is 5.73. The first-order chi connectivity index (χ1) is 29.2. The van der Waals surface area contributed by atoms with Crippen molar-refractivity contribution in [2.75, 3.05) is 72.9 Å². The van der Waals surface area contributed by atoms with Crippen molar-refractivity contribution in [3.8, 4) is 11.5 Å². The van der Waals surface area contributed by atoms with E-state index in [0.717, 1.165) is 70.9 Å². The third-order valence-corrected chi connectivity index (χ3v) is 12.1. The minimum atomic E-state index is -1.47. The van der Waals surface area contributed by atoms with Gasteiger partial charge in [-0.25, -0.2) is 19.9 Å². The molecule has 0 aliphatic carbocycles. The predicted octanol–water partition coefficient (Wildman–Crippen LogP) is 5.24. The summed E-state index contributed by atoms with van der Waals surface area (Å²) in [6, 6.07) is 25.6. The van der Waals surface area contributed by atoms with Crippen molar-refractivity contribution in [3.63, 3.8) is 0 Å². The largest absolute Gasteiger partial charge is 0.476 e. The van der Waals surface area contributed by atoms with E-state index in [1.165, 1.54) is 0 Å². The van der Waals surface area contributed by atoms with Gasteiger partial charge in [-0.05, 0) is 91.3 Å². The maximum absolute atomic E-state index is 14.5. The van der Waals surface area contributed by atoms with Crippen LogP contribution in [-0.2, 0) is 9.59 Å². The highest BCUT2D eigenvalue weighted by molar-refractivity contribution is 9.10. The lowest BCUT2D eigenvalue weighted by Gasteiger charge is -2.34. The zero-order valence-corrected chi connectivity index (χ0v) is 35.5. The molecule has 2 bridgehead atoms. The van der Waals surface area contributed by atoms with Gasteiger partial charge in [-0.1, -0.05) is 31.9 Å². The lowest BCUT2D eigenvalue weighted by atomic mass is 10.1. The molecule has 3 fully saturated rings. The van der Waals surface area contributed by atoms with E-state index in [1.807, 2.05) is 12.1 Å². The number of hydrogen-bond donors (Lipinski definition) is 4. The van der Waals surface area contributed by atoms with E-state index in [0.29, 0.717) is 58.9 Å². The molecule has 3 aliphatic heterocycles. The highest BCUT2D eigenvalue weighted by Gasteiger charge is 2.40. The van der Waals surface area contributed by atoms with Crippen LogP contribution >= 0.6 is 31.9 Å². The highest BCUT2D eigenvalue weighted by Crippen LogP contribution is 2.30. The van der Waals surface area contributed by atoms with Gasteiger partial charge in [0.2, 0.25) is 24.1 Å². The van der Waals surface area contributed by atoms with Crippen LogP contribution in [0.4, 0.5) is 23.3 Å². The van der Waals surface area contributed by atoms with E-state index in [2.05, 4.69) is 72.5 Å². The number of aromatic nitrogens is 4. The zero-order chi connectivity index (χ0) is 41.2. The number of carbonyl (C=O) groups excluding carboxylic acids is 2. The Balaban J connectivity index is 0.977. The first-order valence-corrected chi connectivity index (χ1v) is 21.4. The summed E-state index contributed by atoms with van der Waals surface area (Å²) >= 11 is 6.92. The average Bonchev–Trinajstić information content (AvgIpc) is 3.91. The summed E-state index contributed by atoms with van der Waals surface area (Å²) in [7, 11) is 0. The number of fused-ring (bicyclic) bond motifs is 4. The fourth-order valence-electron chi connectivity index (χ4n) is 7.86. The van der Waals surface area contributed by atoms with Crippen molar-refractivity contribution in [2.45, 2.75) is 30.7 Å². The SMILES string of the molecule is O=C(Nc1ccc2nc(N3CCN(CCO)CC3)ncc2c1)C(Oc1ccc(Br)cc1)C(Oc1ccc(Br)cc1)C(=O)Nc1ccc2nc(N3CC4CC3CN4)ncc2c1. The van der Waals surface area contributed by atoms with Gasteiger partial charge in [0, 0.05) is 101 Å². The molecule has 3 saturated heterocycles. The summed E-state index contributed by atoms with van der Waals surface area (Å²) < 4.78 is 14.4. The Hall–Kier alpha value is -5.46. The van der Waals surface area contributed by atoms with Gasteiger partial charge in [0.1, 0.15) is 11.5 Å². The van der Waals surface area contributed by atoms with E-state index in [-0.39, 0.29) is 6.61 Å². The Morgan fingerprint density at radius 3 is 1.78 bits per heavy atom. The second-order valence-electron chi connectivity index (χ2n) is 15.0. The van der Waals surface area contributed by atoms with E-state index in [1.54, 1.807) is 85.2 Å². The Morgan fingerprint density at radius 2 is 1.28 bits per heavy atom. The van der Waals surface area contributed by atoms with Gasteiger partial charge in [0.05, 0.1) is 17.6 Å². The van der Waals surface area contributed by atoms with Crippen molar-refractivity contribution >= 4 is 88.8 Å². The molecular formula is C43H42Br2N10O5. The van der Waals surface area contributed by atoms with Gasteiger partial charge in [-0.15, -0.1) is 0 Å². The first kappa shape index (κ1) is 40.0. The second-order valence-corrected chi connectivity index (χ2v) is 16.9. The number of ether oxygens (including phenoxy) is 2. The summed E-state index contributed by atoms with van der Waals surface area (Å²) in [6.07, 6.45) is 1.66. The molecule has 3 aliphatic rings. The first-order valence-electron chi connectivity index (χ1n) is 19.8. The highest BCUT2D eigenvalue weighted by atomic mass is 79.9. The van der Waals surface area contributed by atoms with Crippen molar-refractivity contribution in [2.24, 2.45) is 0 Å². The van der Waals surface area contributed by atoms with Gasteiger partial charge in [-0.2, -0.15) is 0 Å². The number of β-amino-alcohol motifs (C(OH)–C–C–N with tert-alkyl or cyclic N) is 1. The molecule has 9 rings (SSSR count). The van der Waals surface area contributed by atoms with Crippen LogP contribution < -0.4 is 35.2 Å². The third-order valence-electron chi connectivity index (χ3n) is 11.0. The van der Waals surface area contributed by atoms with Crippen LogP contribution in [0.25, 0.3) is 21.8 Å². The number of nitrogens with one attached hydrogen (secondary N) is 3. The van der Waals surface area contributed by atoms with Crippen LogP contribution in [0.3, 0.4) is 0 Å². The number of halogens is 2. The molecule has 4 atom stereocenters. The van der Waals surface area contributed by atoms with Gasteiger partial charge < -0.3 is 40.3 Å². The number of nitrogens with zero attached hydrogens (tertiary/aromatic N) is 7. The van der Waals surface area contributed by atoms with Crippen molar-refractivity contribution in [1.29, 1.82) is 0 Å². The minimum absolute atomic E-state index is 0.134. The molecular weight excluding hydrogens is 896 g/mol. The molecule has 0 radical (unpaired) electrons. The van der Waals surface area contributed by atoms with Crippen LogP contribution in [-0.4, -0.2) is 118 Å². The molecule has 5 heterocycles. The maximum Gasteiger partial charge on any atom is 0.269 e. The Labute approximate surface area is 362 Å². The van der Waals surface area contributed by atoms with Crippen LogP contribution in [0, 0.1) is 0 Å². The molecule has 4 unspecified atom stereocenters. The fourth-order valence-corrected chi connectivity index (χ4v) is 8.39. The maximum atomic E-state index is 14.5. The van der Waals surface area contributed by atoms with E-state index in [9.17, 15) is 14.7 Å². The third kappa shape index (κ3) is 9.00. The predicted molar refractivity (Wildman–Crippen MR) is 237 cm³/mol. The molecule has 308 valence electrons. The monoisotopic (exact) mass is 936 g/mol. The Kier molecular flexibility index (Phi) is 11.8. The molecule has 2 aromatic heterocycles. The lowest BCUT2D eigenvalue weighted by molar-refractivity contribution is -0.136. The number of benzene rings is 4. The molecule has 6 aromatic rings. The standard InChI is InChI=1S/C43H42Br2N10O5/c44-28-1-7-34(8-2-28)59-38(40(57)49-30-5-11-36-26(19-30)22-47-42(51-36)54-15-13-53(14-16-54)17-18-56)39(60-35-9-3-29(45)4-10-35)41(58)50-31-6-12-37-27(20-31)23-48-43(52-37)55-25-32-21-33(55)24-46-32/h1-12,19-20,22-23,32-33,38-39,46,56H,13-18,21,24-25H2,(H,49,57)(H,50,58). The number of piperazine rings is 2. The summed E-state index contributed by atoms with van der Waals surface area (Å²) in [5, 5.41) is 20.2. The topological polar surface area (TPSA) is 170 Å². The van der Waals surface area contributed by atoms with Crippen LogP contribution in [0.2, 0.25) is 0 Å². The number of rotatable bonds is 13. The van der Waals surface area contributed by atoms with E-state index >= 15 is 0 Å². The molecule has 2 amide bonds. The number of carbonyl (C=O) groups is 2. The molecule has 17 heteroatoms. The second kappa shape index (κ2) is 17.6. The lowest BCUT2D eigenvalue weighted by Crippen LogP contribution is -2.51. The molecule has 0 spiro atoms. The number of amides is 2. The summed E-state index contributed by atoms with van der Waals surface area (Å²) in [5.41, 5.74) is 2.40.